The van der Waals surface area contributed by atoms with Crippen molar-refractivity contribution in [1.29, 1.82) is 0 Å². The molecule has 2 amide bonds. The quantitative estimate of drug-likeness (QED) is 0.678. The van der Waals surface area contributed by atoms with Crippen molar-refractivity contribution < 1.29 is 14.4 Å². The first kappa shape index (κ1) is 16.8. The molecule has 0 spiro atoms. The third-order valence-electron chi connectivity index (χ3n) is 4.35. The van der Waals surface area contributed by atoms with Crippen LogP contribution in [0.1, 0.15) is 23.3 Å². The van der Waals surface area contributed by atoms with Crippen LogP contribution in [0.15, 0.2) is 30.3 Å². The molecule has 1 fully saturated rings. The van der Waals surface area contributed by atoms with Gasteiger partial charge >= 0.3 is 0 Å². The highest BCUT2D eigenvalue weighted by Crippen LogP contribution is 2.17. The van der Waals surface area contributed by atoms with Crippen molar-refractivity contribution in [1.82, 2.24) is 14.8 Å². The van der Waals surface area contributed by atoms with Gasteiger partial charge in [0.2, 0.25) is 5.78 Å². The molecule has 3 rings (SSSR count). The molecular weight excluding hydrogens is 318 g/mol. The van der Waals surface area contributed by atoms with Crippen LogP contribution in [0.25, 0.3) is 10.9 Å². The van der Waals surface area contributed by atoms with Gasteiger partial charge in [-0.2, -0.15) is 0 Å². The summed E-state index contributed by atoms with van der Waals surface area (Å²) in [5.74, 6) is 1.29. The number of rotatable bonds is 4. The number of para-hydroxylation sites is 1. The van der Waals surface area contributed by atoms with Crippen molar-refractivity contribution in [3.8, 4) is 12.3 Å². The summed E-state index contributed by atoms with van der Waals surface area (Å²) in [5, 5.41) is 0.985. The van der Waals surface area contributed by atoms with Crippen molar-refractivity contribution in [3.05, 3.63) is 36.0 Å². The van der Waals surface area contributed by atoms with E-state index in [9.17, 15) is 14.4 Å². The minimum absolute atomic E-state index is 0.0730. The van der Waals surface area contributed by atoms with E-state index in [4.69, 9.17) is 6.42 Å². The summed E-state index contributed by atoms with van der Waals surface area (Å²) < 4.78 is 0. The third kappa shape index (κ3) is 3.56. The molecule has 0 atom stereocenters. The van der Waals surface area contributed by atoms with Crippen LogP contribution in [0.2, 0.25) is 0 Å². The number of carbonyl (C=O) groups excluding carboxylic acids is 3. The number of hydrogen-bond acceptors (Lipinski definition) is 3. The molecule has 6 heteroatoms. The number of fused-ring (bicyclic) bond motifs is 1. The van der Waals surface area contributed by atoms with Crippen molar-refractivity contribution in [2.45, 2.75) is 12.8 Å². The standard InChI is InChI=1S/C19H19N3O3/c1-2-3-8-17(23)19(25)22-11-9-21(10-12-22)18(24)16-13-14-6-4-5-7-15(14)20-16/h1,4-7,13,20H,3,8-12H2. The van der Waals surface area contributed by atoms with E-state index >= 15 is 0 Å². The molecule has 1 aliphatic heterocycles. The maximum absolute atomic E-state index is 12.6. The molecule has 0 unspecified atom stereocenters. The predicted molar refractivity (Wildman–Crippen MR) is 93.9 cm³/mol. The Balaban J connectivity index is 1.60. The number of terminal acetylenes is 1. The number of hydrogen-bond donors (Lipinski definition) is 1. The molecule has 25 heavy (non-hydrogen) atoms. The van der Waals surface area contributed by atoms with Crippen LogP contribution in [0.3, 0.4) is 0 Å². The monoisotopic (exact) mass is 337 g/mol. The maximum atomic E-state index is 12.6. The van der Waals surface area contributed by atoms with Gasteiger partial charge in [0, 0.05) is 49.9 Å². The van der Waals surface area contributed by atoms with Gasteiger partial charge in [0.15, 0.2) is 0 Å². The molecule has 0 aliphatic carbocycles. The first-order valence-corrected chi connectivity index (χ1v) is 8.22. The number of H-pyrrole nitrogens is 1. The number of aromatic amines is 1. The summed E-state index contributed by atoms with van der Waals surface area (Å²) in [6.45, 7) is 1.52. The Hall–Kier alpha value is -3.07. The first-order chi connectivity index (χ1) is 12.1. The molecule has 0 radical (unpaired) electrons. The van der Waals surface area contributed by atoms with E-state index in [1.807, 2.05) is 30.3 Å². The number of piperazine rings is 1. The molecule has 1 aromatic heterocycles. The number of benzene rings is 1. The van der Waals surface area contributed by atoms with Gasteiger partial charge in [0.25, 0.3) is 11.8 Å². The Morgan fingerprint density at radius 2 is 1.76 bits per heavy atom. The van der Waals surface area contributed by atoms with Gasteiger partial charge in [-0.3, -0.25) is 14.4 Å². The Labute approximate surface area is 145 Å². The van der Waals surface area contributed by atoms with Gasteiger partial charge in [0.05, 0.1) is 0 Å². The number of Topliss-reactive ketones (excluding diaryl/α,β-unsaturated/α-hetero) is 1. The summed E-state index contributed by atoms with van der Waals surface area (Å²) in [6, 6.07) is 9.53. The van der Waals surface area contributed by atoms with Crippen LogP contribution in [-0.2, 0) is 9.59 Å². The zero-order valence-corrected chi connectivity index (χ0v) is 13.8. The van der Waals surface area contributed by atoms with E-state index in [1.165, 1.54) is 4.90 Å². The fourth-order valence-electron chi connectivity index (χ4n) is 2.94. The molecule has 0 saturated carbocycles. The third-order valence-corrected chi connectivity index (χ3v) is 4.35. The minimum Gasteiger partial charge on any atom is -0.351 e. The molecular formula is C19H19N3O3. The first-order valence-electron chi connectivity index (χ1n) is 8.22. The summed E-state index contributed by atoms with van der Waals surface area (Å²) in [6.07, 6.45) is 5.46. The van der Waals surface area contributed by atoms with E-state index in [-0.39, 0.29) is 18.7 Å². The molecule has 0 bridgehead atoms. The largest absolute Gasteiger partial charge is 0.351 e. The fraction of sp³-hybridized carbons (Fsp3) is 0.316. The zero-order valence-electron chi connectivity index (χ0n) is 13.8. The van der Waals surface area contributed by atoms with E-state index in [1.54, 1.807) is 4.90 Å². The average molecular weight is 337 g/mol. The second-order valence-corrected chi connectivity index (χ2v) is 5.98. The van der Waals surface area contributed by atoms with Gasteiger partial charge in [0.1, 0.15) is 5.69 Å². The average Bonchev–Trinajstić information content (AvgIpc) is 3.09. The molecule has 2 aromatic rings. The minimum atomic E-state index is -0.507. The second-order valence-electron chi connectivity index (χ2n) is 5.98. The number of ketones is 1. The lowest BCUT2D eigenvalue weighted by Crippen LogP contribution is -2.52. The lowest BCUT2D eigenvalue weighted by molar-refractivity contribution is -0.145. The van der Waals surface area contributed by atoms with Crippen molar-refractivity contribution in [2.75, 3.05) is 26.2 Å². The number of nitrogens with one attached hydrogen (secondary N) is 1. The highest BCUT2D eigenvalue weighted by atomic mass is 16.2. The van der Waals surface area contributed by atoms with Gasteiger partial charge in [-0.05, 0) is 12.1 Å². The normalized spacial score (nSPS) is 14.4. The van der Waals surface area contributed by atoms with Gasteiger partial charge in [-0.25, -0.2) is 0 Å². The molecule has 1 aromatic carbocycles. The highest BCUT2D eigenvalue weighted by Gasteiger charge is 2.28. The molecule has 1 N–H and O–H groups in total. The number of amides is 2. The Morgan fingerprint density at radius 3 is 2.44 bits per heavy atom. The van der Waals surface area contributed by atoms with E-state index in [0.29, 0.717) is 31.9 Å². The zero-order chi connectivity index (χ0) is 17.8. The van der Waals surface area contributed by atoms with E-state index in [0.717, 1.165) is 10.9 Å². The maximum Gasteiger partial charge on any atom is 0.290 e. The summed E-state index contributed by atoms with van der Waals surface area (Å²) in [4.78, 5) is 42.8. The summed E-state index contributed by atoms with van der Waals surface area (Å²) >= 11 is 0. The molecule has 1 saturated heterocycles. The number of nitrogens with zero attached hydrogens (tertiary/aromatic N) is 2. The van der Waals surface area contributed by atoms with E-state index in [2.05, 4.69) is 10.9 Å². The second kappa shape index (κ2) is 7.22. The van der Waals surface area contributed by atoms with Crippen LogP contribution < -0.4 is 0 Å². The summed E-state index contributed by atoms with van der Waals surface area (Å²) in [5.41, 5.74) is 1.45. The van der Waals surface area contributed by atoms with Crippen LogP contribution >= 0.6 is 0 Å². The van der Waals surface area contributed by atoms with Crippen LogP contribution in [-0.4, -0.2) is 58.6 Å². The number of aromatic nitrogens is 1. The van der Waals surface area contributed by atoms with Crippen LogP contribution in [0.5, 0.6) is 0 Å². The Kier molecular flexibility index (Phi) is 4.85. The predicted octanol–water partition coefficient (Wildman–Crippen LogP) is 1.43. The lowest BCUT2D eigenvalue weighted by atomic mass is 10.2. The van der Waals surface area contributed by atoms with Crippen molar-refractivity contribution in [2.24, 2.45) is 0 Å². The smallest absolute Gasteiger partial charge is 0.290 e. The molecule has 1 aliphatic rings. The Morgan fingerprint density at radius 1 is 1.08 bits per heavy atom. The van der Waals surface area contributed by atoms with Crippen LogP contribution in [0.4, 0.5) is 0 Å². The SMILES string of the molecule is C#CCCC(=O)C(=O)N1CCN(C(=O)c2cc3ccccc3[nH]2)CC1. The summed E-state index contributed by atoms with van der Waals surface area (Å²) in [7, 11) is 0. The van der Waals surface area contributed by atoms with Crippen molar-refractivity contribution in [3.63, 3.8) is 0 Å². The molecule has 6 nitrogen and oxygen atoms in total. The fourth-order valence-corrected chi connectivity index (χ4v) is 2.94. The van der Waals surface area contributed by atoms with Gasteiger partial charge < -0.3 is 14.8 Å². The van der Waals surface area contributed by atoms with Gasteiger partial charge in [-0.1, -0.05) is 18.2 Å². The van der Waals surface area contributed by atoms with E-state index < -0.39 is 11.7 Å². The van der Waals surface area contributed by atoms with Crippen molar-refractivity contribution >= 4 is 28.5 Å². The Bertz CT molecular complexity index is 821. The molecule has 2 heterocycles. The van der Waals surface area contributed by atoms with Gasteiger partial charge in [-0.15, -0.1) is 12.3 Å². The molecule has 128 valence electrons. The lowest BCUT2D eigenvalue weighted by Gasteiger charge is -2.34. The van der Waals surface area contributed by atoms with Crippen LogP contribution in [0, 0.1) is 12.3 Å². The highest BCUT2D eigenvalue weighted by molar-refractivity contribution is 6.36. The topological polar surface area (TPSA) is 73.5 Å². The number of carbonyl (C=O) groups is 3.